The van der Waals surface area contributed by atoms with Crippen molar-refractivity contribution in [3.63, 3.8) is 0 Å². The van der Waals surface area contributed by atoms with Crippen molar-refractivity contribution >= 4 is 23.5 Å². The highest BCUT2D eigenvalue weighted by atomic mass is 35.5. The molecule has 9 heteroatoms. The summed E-state index contributed by atoms with van der Waals surface area (Å²) in [6.07, 6.45) is 3.83. The Bertz CT molecular complexity index is 1080. The zero-order valence-corrected chi connectivity index (χ0v) is 15.3. The SMILES string of the molecule is O=C(CCc1ncc(-c2ccc(Cl)cc2)o1)Nc1n[nH]c(-c2ccccn2)n1. The highest BCUT2D eigenvalue weighted by Gasteiger charge is 2.12. The van der Waals surface area contributed by atoms with E-state index in [0.717, 1.165) is 5.56 Å². The highest BCUT2D eigenvalue weighted by molar-refractivity contribution is 6.30. The van der Waals surface area contributed by atoms with Crippen LogP contribution in [0.15, 0.2) is 59.3 Å². The Morgan fingerprint density at radius 2 is 2.00 bits per heavy atom. The molecule has 0 aliphatic heterocycles. The number of oxazole rings is 1. The van der Waals surface area contributed by atoms with Crippen molar-refractivity contribution < 1.29 is 9.21 Å². The van der Waals surface area contributed by atoms with Gasteiger partial charge in [-0.05, 0) is 36.4 Å². The van der Waals surface area contributed by atoms with Gasteiger partial charge in [-0.2, -0.15) is 4.98 Å². The molecule has 4 aromatic rings. The molecular formula is C19H15ClN6O2. The lowest BCUT2D eigenvalue weighted by Gasteiger charge is -1.99. The third-order valence-corrected chi connectivity index (χ3v) is 4.14. The van der Waals surface area contributed by atoms with Crippen LogP contribution < -0.4 is 5.32 Å². The molecule has 3 heterocycles. The van der Waals surface area contributed by atoms with Crippen LogP contribution in [0.25, 0.3) is 22.8 Å². The molecule has 0 fully saturated rings. The Morgan fingerprint density at radius 3 is 2.79 bits per heavy atom. The molecule has 0 spiro atoms. The van der Waals surface area contributed by atoms with E-state index in [9.17, 15) is 4.79 Å². The van der Waals surface area contributed by atoms with Gasteiger partial charge in [-0.25, -0.2) is 4.98 Å². The van der Waals surface area contributed by atoms with E-state index in [1.807, 2.05) is 24.3 Å². The number of nitrogens with zero attached hydrogens (tertiary/aromatic N) is 4. The van der Waals surface area contributed by atoms with Gasteiger partial charge in [0.15, 0.2) is 17.5 Å². The average Bonchev–Trinajstić information content (AvgIpc) is 3.37. The molecule has 28 heavy (non-hydrogen) atoms. The molecule has 4 rings (SSSR count). The fourth-order valence-electron chi connectivity index (χ4n) is 2.52. The minimum atomic E-state index is -0.238. The number of rotatable bonds is 6. The summed E-state index contributed by atoms with van der Waals surface area (Å²) in [4.78, 5) is 24.7. The first-order chi connectivity index (χ1) is 13.7. The second-order valence-electron chi connectivity index (χ2n) is 5.90. The number of halogens is 1. The second-order valence-corrected chi connectivity index (χ2v) is 6.33. The van der Waals surface area contributed by atoms with Crippen LogP contribution in [0.5, 0.6) is 0 Å². The van der Waals surface area contributed by atoms with Gasteiger partial charge in [0.05, 0.1) is 6.20 Å². The lowest BCUT2D eigenvalue weighted by Crippen LogP contribution is -2.13. The van der Waals surface area contributed by atoms with Crippen molar-refractivity contribution in [2.45, 2.75) is 12.8 Å². The number of benzene rings is 1. The molecule has 0 atom stereocenters. The molecule has 8 nitrogen and oxygen atoms in total. The maximum atomic E-state index is 12.1. The quantitative estimate of drug-likeness (QED) is 0.515. The Balaban J connectivity index is 1.33. The predicted octanol–water partition coefficient (Wildman–Crippen LogP) is 3.75. The van der Waals surface area contributed by atoms with E-state index in [4.69, 9.17) is 16.0 Å². The molecule has 0 unspecified atom stereocenters. The van der Waals surface area contributed by atoms with Gasteiger partial charge in [-0.15, -0.1) is 5.10 Å². The highest BCUT2D eigenvalue weighted by Crippen LogP contribution is 2.22. The molecule has 0 saturated carbocycles. The smallest absolute Gasteiger partial charge is 0.249 e. The Labute approximate surface area is 165 Å². The van der Waals surface area contributed by atoms with Gasteiger partial charge in [0, 0.05) is 29.6 Å². The van der Waals surface area contributed by atoms with Crippen molar-refractivity contribution in [2.24, 2.45) is 0 Å². The molecule has 2 N–H and O–H groups in total. The average molecular weight is 395 g/mol. The topological polar surface area (TPSA) is 110 Å². The van der Waals surface area contributed by atoms with Crippen molar-refractivity contribution in [1.82, 2.24) is 25.1 Å². The molecule has 0 aliphatic carbocycles. The van der Waals surface area contributed by atoms with Gasteiger partial charge in [0.1, 0.15) is 5.69 Å². The fraction of sp³-hybridized carbons (Fsp3) is 0.105. The summed E-state index contributed by atoms with van der Waals surface area (Å²) in [6.45, 7) is 0. The zero-order chi connectivity index (χ0) is 19.3. The van der Waals surface area contributed by atoms with Crippen LogP contribution >= 0.6 is 11.6 Å². The van der Waals surface area contributed by atoms with E-state index >= 15 is 0 Å². The number of nitrogens with one attached hydrogen (secondary N) is 2. The summed E-state index contributed by atoms with van der Waals surface area (Å²) in [5.74, 6) is 1.54. The van der Waals surface area contributed by atoms with Crippen molar-refractivity contribution in [3.8, 4) is 22.8 Å². The number of pyridine rings is 1. The number of H-pyrrole nitrogens is 1. The summed E-state index contributed by atoms with van der Waals surface area (Å²) in [5.41, 5.74) is 1.51. The fourth-order valence-corrected chi connectivity index (χ4v) is 2.64. The number of carbonyl (C=O) groups is 1. The van der Waals surface area contributed by atoms with Crippen LogP contribution in [-0.2, 0) is 11.2 Å². The van der Waals surface area contributed by atoms with E-state index < -0.39 is 0 Å². The lowest BCUT2D eigenvalue weighted by atomic mass is 10.2. The minimum absolute atomic E-state index is 0.189. The third-order valence-electron chi connectivity index (χ3n) is 3.89. The van der Waals surface area contributed by atoms with E-state index in [-0.39, 0.29) is 18.3 Å². The zero-order valence-electron chi connectivity index (χ0n) is 14.6. The Morgan fingerprint density at radius 1 is 1.14 bits per heavy atom. The summed E-state index contributed by atoms with van der Waals surface area (Å²) in [5, 5.41) is 10.0. The first-order valence-corrected chi connectivity index (χ1v) is 8.89. The summed E-state index contributed by atoms with van der Waals surface area (Å²) in [7, 11) is 0. The summed E-state index contributed by atoms with van der Waals surface area (Å²) >= 11 is 5.89. The number of aromatic nitrogens is 5. The molecule has 0 bridgehead atoms. The van der Waals surface area contributed by atoms with E-state index in [1.165, 1.54) is 0 Å². The van der Waals surface area contributed by atoms with Gasteiger partial charge < -0.3 is 4.42 Å². The van der Waals surface area contributed by atoms with Gasteiger partial charge in [-0.1, -0.05) is 17.7 Å². The van der Waals surface area contributed by atoms with Crippen LogP contribution in [0.3, 0.4) is 0 Å². The standard InChI is InChI=1S/C19H15ClN6O2/c20-13-6-4-12(5-7-13)15-11-22-17(28-15)9-8-16(27)23-19-24-18(25-26-19)14-3-1-2-10-21-14/h1-7,10-11H,8-9H2,(H2,23,24,25,26,27). The molecule has 0 aliphatic rings. The lowest BCUT2D eigenvalue weighted by molar-refractivity contribution is -0.116. The number of hydrogen-bond donors (Lipinski definition) is 2. The largest absolute Gasteiger partial charge is 0.441 e. The van der Waals surface area contributed by atoms with Crippen LogP contribution in [0.4, 0.5) is 5.95 Å². The first-order valence-electron chi connectivity index (χ1n) is 8.52. The number of anilines is 1. The number of amides is 1. The minimum Gasteiger partial charge on any atom is -0.441 e. The van der Waals surface area contributed by atoms with E-state index in [0.29, 0.717) is 34.6 Å². The van der Waals surface area contributed by atoms with E-state index in [2.05, 4.69) is 30.5 Å². The molecule has 140 valence electrons. The number of aromatic amines is 1. The number of aryl methyl sites for hydroxylation is 1. The third kappa shape index (κ3) is 4.24. The number of carbonyl (C=O) groups excluding carboxylic acids is 1. The monoisotopic (exact) mass is 394 g/mol. The molecular weight excluding hydrogens is 380 g/mol. The molecule has 3 aromatic heterocycles. The predicted molar refractivity (Wildman–Crippen MR) is 104 cm³/mol. The first kappa shape index (κ1) is 17.9. The van der Waals surface area contributed by atoms with Gasteiger partial charge in [0.2, 0.25) is 11.9 Å². The van der Waals surface area contributed by atoms with Crippen molar-refractivity contribution in [2.75, 3.05) is 5.32 Å². The second kappa shape index (κ2) is 8.01. The molecule has 1 amide bonds. The van der Waals surface area contributed by atoms with Gasteiger partial charge in [-0.3, -0.25) is 20.2 Å². The molecule has 1 aromatic carbocycles. The van der Waals surface area contributed by atoms with Crippen LogP contribution in [0, 0.1) is 0 Å². The Hall–Kier alpha value is -3.52. The maximum Gasteiger partial charge on any atom is 0.249 e. The normalized spacial score (nSPS) is 10.8. The van der Waals surface area contributed by atoms with Gasteiger partial charge >= 0.3 is 0 Å². The maximum absolute atomic E-state index is 12.1. The molecule has 0 radical (unpaired) electrons. The summed E-state index contributed by atoms with van der Waals surface area (Å²) in [6, 6.07) is 12.7. The van der Waals surface area contributed by atoms with Crippen LogP contribution in [-0.4, -0.2) is 31.1 Å². The van der Waals surface area contributed by atoms with Crippen molar-refractivity contribution in [1.29, 1.82) is 0 Å². The summed E-state index contributed by atoms with van der Waals surface area (Å²) < 4.78 is 5.69. The Kier molecular flexibility index (Phi) is 5.11. The van der Waals surface area contributed by atoms with Crippen LogP contribution in [0.1, 0.15) is 12.3 Å². The van der Waals surface area contributed by atoms with Gasteiger partial charge in [0.25, 0.3) is 0 Å². The number of hydrogen-bond acceptors (Lipinski definition) is 6. The molecule has 0 saturated heterocycles. The van der Waals surface area contributed by atoms with Crippen LogP contribution in [0.2, 0.25) is 5.02 Å². The van der Waals surface area contributed by atoms with Crippen molar-refractivity contribution in [3.05, 3.63) is 65.8 Å². The van der Waals surface area contributed by atoms with E-state index in [1.54, 1.807) is 30.6 Å².